The summed E-state index contributed by atoms with van der Waals surface area (Å²) in [5.74, 6) is -6.18. The fourth-order valence-electron chi connectivity index (χ4n) is 2.42. The summed E-state index contributed by atoms with van der Waals surface area (Å²) in [5.41, 5.74) is 16.2. The minimum atomic E-state index is -1.47. The van der Waals surface area contributed by atoms with Crippen molar-refractivity contribution < 1.29 is 39.0 Å². The van der Waals surface area contributed by atoms with Gasteiger partial charge in [0, 0.05) is 6.42 Å². The molecule has 0 fully saturated rings. The Labute approximate surface area is 178 Å². The van der Waals surface area contributed by atoms with Crippen LogP contribution in [0.3, 0.4) is 0 Å². The Morgan fingerprint density at radius 2 is 1.42 bits per heavy atom. The van der Waals surface area contributed by atoms with Crippen LogP contribution in [0.25, 0.3) is 0 Å². The molecule has 0 rings (SSSR count). The van der Waals surface area contributed by atoms with E-state index in [1.165, 1.54) is 0 Å². The van der Waals surface area contributed by atoms with Crippen LogP contribution in [0.4, 0.5) is 0 Å². The van der Waals surface area contributed by atoms with Crippen molar-refractivity contribution in [2.45, 2.75) is 56.7 Å². The summed E-state index contributed by atoms with van der Waals surface area (Å²) < 4.78 is 0. The summed E-state index contributed by atoms with van der Waals surface area (Å²) in [5, 5.41) is 24.0. The molecule has 0 aliphatic heterocycles. The van der Waals surface area contributed by atoms with Crippen molar-refractivity contribution in [3.8, 4) is 0 Å². The molecule has 3 atom stereocenters. The first-order valence-corrected chi connectivity index (χ1v) is 9.53. The normalized spacial score (nSPS) is 13.4. The predicted octanol–water partition coefficient (Wildman–Crippen LogP) is -3.65. The van der Waals surface area contributed by atoms with Crippen LogP contribution in [-0.2, 0) is 28.8 Å². The van der Waals surface area contributed by atoms with E-state index in [2.05, 4.69) is 10.6 Å². The number of carbonyl (C=O) groups is 6. The fourth-order valence-corrected chi connectivity index (χ4v) is 2.42. The van der Waals surface area contributed by atoms with Crippen LogP contribution in [0.15, 0.2) is 0 Å². The number of unbranched alkanes of at least 4 members (excludes halogenated alkanes) is 1. The van der Waals surface area contributed by atoms with Crippen LogP contribution in [0.2, 0.25) is 0 Å². The molecule has 0 aliphatic carbocycles. The average molecular weight is 446 g/mol. The summed E-state index contributed by atoms with van der Waals surface area (Å²) >= 11 is 0. The molecular formula is C17H30N6O8. The third-order valence-electron chi connectivity index (χ3n) is 4.04. The Kier molecular flexibility index (Phi) is 13.1. The lowest BCUT2D eigenvalue weighted by molar-refractivity contribution is -0.140. The van der Waals surface area contributed by atoms with Gasteiger partial charge < -0.3 is 43.4 Å². The molecule has 3 unspecified atom stereocenters. The van der Waals surface area contributed by atoms with E-state index in [0.29, 0.717) is 19.4 Å². The number of nitrogens with two attached hydrogens (primary N) is 3. The Morgan fingerprint density at radius 3 is 1.94 bits per heavy atom. The molecule has 14 nitrogen and oxygen atoms in total. The summed E-state index contributed by atoms with van der Waals surface area (Å²) in [6, 6.07) is -3.87. The van der Waals surface area contributed by atoms with Crippen LogP contribution < -0.4 is 33.2 Å². The highest BCUT2D eigenvalue weighted by atomic mass is 16.4. The topological polar surface area (TPSA) is 257 Å². The van der Waals surface area contributed by atoms with Crippen molar-refractivity contribution in [3.05, 3.63) is 0 Å². The molecule has 0 saturated carbocycles. The number of primary amides is 1. The number of carboxylic acids is 2. The molecule has 31 heavy (non-hydrogen) atoms. The van der Waals surface area contributed by atoms with Crippen LogP contribution in [-0.4, -0.2) is 77.0 Å². The summed E-state index contributed by atoms with van der Waals surface area (Å²) in [7, 11) is 0. The first-order valence-electron chi connectivity index (χ1n) is 9.53. The molecule has 0 bridgehead atoms. The molecule has 0 heterocycles. The maximum absolute atomic E-state index is 12.6. The molecule has 0 aromatic heterocycles. The van der Waals surface area contributed by atoms with Crippen LogP contribution >= 0.6 is 0 Å². The van der Waals surface area contributed by atoms with Crippen molar-refractivity contribution in [3.63, 3.8) is 0 Å². The molecule has 4 amide bonds. The van der Waals surface area contributed by atoms with E-state index in [-0.39, 0.29) is 12.8 Å². The summed E-state index contributed by atoms with van der Waals surface area (Å²) in [6.07, 6.45) is 0.0244. The quantitative estimate of drug-likeness (QED) is 0.108. The summed E-state index contributed by atoms with van der Waals surface area (Å²) in [6.45, 7) is -0.333. The van der Waals surface area contributed by atoms with E-state index in [1.807, 2.05) is 5.32 Å². The Hall–Kier alpha value is -3.26. The largest absolute Gasteiger partial charge is 0.481 e. The van der Waals surface area contributed by atoms with Crippen LogP contribution in [0, 0.1) is 0 Å². The van der Waals surface area contributed by atoms with Crippen molar-refractivity contribution in [1.29, 1.82) is 0 Å². The molecule has 14 heteroatoms. The molecule has 0 saturated heterocycles. The van der Waals surface area contributed by atoms with Crippen molar-refractivity contribution in [2.75, 3.05) is 13.1 Å². The third-order valence-corrected chi connectivity index (χ3v) is 4.04. The van der Waals surface area contributed by atoms with Crippen LogP contribution in [0.1, 0.15) is 38.5 Å². The highest BCUT2D eigenvalue weighted by Gasteiger charge is 2.29. The average Bonchev–Trinajstić information content (AvgIpc) is 2.67. The molecule has 11 N–H and O–H groups in total. The molecule has 176 valence electrons. The molecule has 0 spiro atoms. The van der Waals surface area contributed by atoms with Gasteiger partial charge in [-0.15, -0.1) is 0 Å². The number of nitrogens with one attached hydrogen (secondary N) is 3. The number of rotatable bonds is 16. The summed E-state index contributed by atoms with van der Waals surface area (Å²) in [4.78, 5) is 69.6. The van der Waals surface area contributed by atoms with E-state index in [4.69, 9.17) is 27.4 Å². The number of hydrogen-bond acceptors (Lipinski definition) is 8. The van der Waals surface area contributed by atoms with E-state index >= 15 is 0 Å². The number of carbonyl (C=O) groups excluding carboxylic acids is 4. The molecule has 0 radical (unpaired) electrons. The second kappa shape index (κ2) is 14.7. The number of carboxylic acid groups (broad SMARTS) is 2. The maximum Gasteiger partial charge on any atom is 0.322 e. The van der Waals surface area contributed by atoms with Gasteiger partial charge in [-0.25, -0.2) is 0 Å². The fraction of sp³-hybridized carbons (Fsp3) is 0.647. The van der Waals surface area contributed by atoms with Gasteiger partial charge in [0.15, 0.2) is 0 Å². The number of aliphatic carboxylic acids is 2. The van der Waals surface area contributed by atoms with E-state index in [0.717, 1.165) is 0 Å². The van der Waals surface area contributed by atoms with Gasteiger partial charge >= 0.3 is 11.9 Å². The zero-order chi connectivity index (χ0) is 24.0. The lowest BCUT2D eigenvalue weighted by Crippen LogP contribution is -2.56. The predicted molar refractivity (Wildman–Crippen MR) is 106 cm³/mol. The van der Waals surface area contributed by atoms with E-state index < -0.39 is 73.1 Å². The standard InChI is InChI=1S/C17H30N6O8/c18-6-2-1-3-9(19)15(29)23-11(7-12(20)24)17(31)22-10(4-5-13(25)26)16(30)21-8-14(27)28/h9-11H,1-8,18-19H2,(H2,20,24)(H,21,30)(H,22,31)(H,23,29)(H,25,26)(H,27,28). The van der Waals surface area contributed by atoms with Gasteiger partial charge in [-0.2, -0.15) is 0 Å². The van der Waals surface area contributed by atoms with E-state index in [9.17, 15) is 28.8 Å². The zero-order valence-corrected chi connectivity index (χ0v) is 17.0. The Morgan fingerprint density at radius 1 is 0.806 bits per heavy atom. The lowest BCUT2D eigenvalue weighted by atomic mass is 10.1. The van der Waals surface area contributed by atoms with E-state index in [1.54, 1.807) is 0 Å². The molecular weight excluding hydrogens is 416 g/mol. The first-order chi connectivity index (χ1) is 14.5. The van der Waals surface area contributed by atoms with Crippen LogP contribution in [0.5, 0.6) is 0 Å². The smallest absolute Gasteiger partial charge is 0.322 e. The third kappa shape index (κ3) is 12.8. The van der Waals surface area contributed by atoms with Gasteiger partial charge in [0.25, 0.3) is 0 Å². The second-order valence-corrected chi connectivity index (χ2v) is 6.73. The van der Waals surface area contributed by atoms with Crippen molar-refractivity contribution >= 4 is 35.6 Å². The highest BCUT2D eigenvalue weighted by molar-refractivity contribution is 5.96. The molecule has 0 aromatic rings. The minimum absolute atomic E-state index is 0.284. The molecule has 0 aliphatic rings. The number of hydrogen-bond donors (Lipinski definition) is 8. The zero-order valence-electron chi connectivity index (χ0n) is 17.0. The Balaban J connectivity index is 5.23. The lowest BCUT2D eigenvalue weighted by Gasteiger charge is -2.23. The minimum Gasteiger partial charge on any atom is -0.481 e. The first kappa shape index (κ1) is 27.7. The molecule has 0 aromatic carbocycles. The van der Waals surface area contributed by atoms with Gasteiger partial charge in [-0.3, -0.25) is 28.8 Å². The van der Waals surface area contributed by atoms with Gasteiger partial charge in [0.1, 0.15) is 18.6 Å². The highest BCUT2D eigenvalue weighted by Crippen LogP contribution is 2.03. The van der Waals surface area contributed by atoms with Crippen molar-refractivity contribution in [1.82, 2.24) is 16.0 Å². The van der Waals surface area contributed by atoms with Crippen molar-refractivity contribution in [2.24, 2.45) is 17.2 Å². The van der Waals surface area contributed by atoms with Gasteiger partial charge in [-0.1, -0.05) is 6.42 Å². The Bertz CT molecular complexity index is 671. The van der Waals surface area contributed by atoms with Gasteiger partial charge in [0.2, 0.25) is 23.6 Å². The number of amides is 4. The second-order valence-electron chi connectivity index (χ2n) is 6.73. The maximum atomic E-state index is 12.6. The van der Waals surface area contributed by atoms with Gasteiger partial charge in [0.05, 0.1) is 12.5 Å². The van der Waals surface area contributed by atoms with Gasteiger partial charge in [-0.05, 0) is 25.8 Å². The monoisotopic (exact) mass is 446 g/mol. The SMILES string of the molecule is NCCCCC(N)C(=O)NC(CC(N)=O)C(=O)NC(CCC(=O)O)C(=O)NCC(=O)O.